The molecule has 146 valence electrons. The van der Waals surface area contributed by atoms with Gasteiger partial charge < -0.3 is 14.8 Å². The number of nitrogens with one attached hydrogen (secondary N) is 2. The molecule has 0 atom stereocenters. The molecule has 0 radical (unpaired) electrons. The van der Waals surface area contributed by atoms with Crippen LogP contribution in [0.15, 0.2) is 47.5 Å². The summed E-state index contributed by atoms with van der Waals surface area (Å²) in [6.07, 6.45) is 5.67. The number of fused-ring (bicyclic) bond motifs is 5. The van der Waals surface area contributed by atoms with Crippen LogP contribution >= 0.6 is 11.6 Å². The van der Waals surface area contributed by atoms with E-state index in [0.717, 1.165) is 64.3 Å². The van der Waals surface area contributed by atoms with Gasteiger partial charge in [-0.15, -0.1) is 0 Å². The maximum Gasteiger partial charge on any atom is 0.120 e. The second-order valence-electron chi connectivity index (χ2n) is 7.46. The Morgan fingerprint density at radius 2 is 2.00 bits per heavy atom. The predicted octanol–water partition coefficient (Wildman–Crippen LogP) is 4.03. The van der Waals surface area contributed by atoms with Crippen LogP contribution in [0.1, 0.15) is 12.8 Å². The number of hydrogen-bond acceptors (Lipinski definition) is 4. The van der Waals surface area contributed by atoms with Gasteiger partial charge in [-0.1, -0.05) is 11.6 Å². The van der Waals surface area contributed by atoms with Crippen molar-refractivity contribution < 1.29 is 8.95 Å². The zero-order chi connectivity index (χ0) is 19.3. The van der Waals surface area contributed by atoms with Crippen LogP contribution in [0.2, 0.25) is 5.02 Å². The van der Waals surface area contributed by atoms with Crippen molar-refractivity contribution in [3.8, 4) is 16.9 Å². The number of aromatic nitrogens is 1. The lowest BCUT2D eigenvalue weighted by atomic mass is 10.0. The third-order valence-corrected chi connectivity index (χ3v) is 7.75. The molecular weight excluding hydrogens is 394 g/mol. The number of thiol groups is 1. The molecule has 5 rings (SSSR count). The van der Waals surface area contributed by atoms with Gasteiger partial charge in [0.25, 0.3) is 0 Å². The maximum absolute atomic E-state index is 13.4. The number of hydrogen-bond donors (Lipinski definition) is 3. The SMILES string of the molecule is C[SH]1(=O)Nc2c(cc(Cl)c3cccnc23)-c2cc(OC3CCNCC3)ccc21. The molecule has 0 unspecified atom stereocenters. The van der Waals surface area contributed by atoms with E-state index in [4.69, 9.17) is 16.3 Å². The van der Waals surface area contributed by atoms with E-state index in [1.54, 1.807) is 12.5 Å². The summed E-state index contributed by atoms with van der Waals surface area (Å²) in [5.74, 6) is 0.802. The van der Waals surface area contributed by atoms with Crippen LogP contribution in [0.4, 0.5) is 5.69 Å². The second-order valence-corrected chi connectivity index (χ2v) is 10.4. The number of benzene rings is 2. The average molecular weight is 416 g/mol. The summed E-state index contributed by atoms with van der Waals surface area (Å²) in [4.78, 5) is 5.30. The molecule has 5 nitrogen and oxygen atoms in total. The smallest absolute Gasteiger partial charge is 0.120 e. The number of anilines is 1. The molecule has 3 aromatic rings. The molecule has 1 aromatic heterocycles. The number of pyridine rings is 1. The van der Waals surface area contributed by atoms with Crippen molar-refractivity contribution >= 4 is 38.3 Å². The van der Waals surface area contributed by atoms with Gasteiger partial charge in [0.05, 0.1) is 16.2 Å². The first-order valence-corrected chi connectivity index (χ1v) is 12.0. The van der Waals surface area contributed by atoms with E-state index in [1.807, 2.05) is 36.4 Å². The Labute approximate surface area is 170 Å². The minimum atomic E-state index is -2.79. The van der Waals surface area contributed by atoms with Crippen molar-refractivity contribution in [1.82, 2.24) is 10.3 Å². The van der Waals surface area contributed by atoms with Gasteiger partial charge >= 0.3 is 0 Å². The van der Waals surface area contributed by atoms with E-state index in [1.165, 1.54) is 0 Å². The summed E-state index contributed by atoms with van der Waals surface area (Å²) >= 11 is 6.55. The lowest BCUT2D eigenvalue weighted by Crippen LogP contribution is -2.34. The quantitative estimate of drug-likeness (QED) is 0.553. The van der Waals surface area contributed by atoms with E-state index in [-0.39, 0.29) is 6.10 Å². The zero-order valence-corrected chi connectivity index (χ0v) is 17.2. The monoisotopic (exact) mass is 415 g/mol. The molecule has 7 heteroatoms. The summed E-state index contributed by atoms with van der Waals surface area (Å²) in [7, 11) is -2.79. The van der Waals surface area contributed by atoms with Gasteiger partial charge in [0, 0.05) is 33.9 Å². The van der Waals surface area contributed by atoms with Gasteiger partial charge in [-0.3, -0.25) is 9.19 Å². The Hall–Kier alpha value is -2.15. The molecule has 1 saturated heterocycles. The molecule has 0 spiro atoms. The van der Waals surface area contributed by atoms with Gasteiger partial charge in [0.1, 0.15) is 11.9 Å². The minimum absolute atomic E-state index is 0.204. The fraction of sp³-hybridized carbons (Fsp3) is 0.286. The first-order chi connectivity index (χ1) is 13.5. The topological polar surface area (TPSA) is 63.2 Å². The van der Waals surface area contributed by atoms with E-state index < -0.39 is 10.1 Å². The molecule has 3 heterocycles. The Kier molecular flexibility index (Phi) is 4.30. The van der Waals surface area contributed by atoms with E-state index in [2.05, 4.69) is 15.0 Å². The molecule has 1 fully saturated rings. The number of halogens is 1. The van der Waals surface area contributed by atoms with E-state index >= 15 is 0 Å². The summed E-state index contributed by atoms with van der Waals surface area (Å²) in [5.41, 5.74) is 3.33. The van der Waals surface area contributed by atoms with Crippen LogP contribution in [-0.4, -0.2) is 34.6 Å². The van der Waals surface area contributed by atoms with Gasteiger partial charge in [-0.2, -0.15) is 0 Å². The molecule has 0 aliphatic carbocycles. The van der Waals surface area contributed by atoms with E-state index in [0.29, 0.717) is 5.02 Å². The van der Waals surface area contributed by atoms with Gasteiger partial charge in [-0.25, -0.2) is 0 Å². The van der Waals surface area contributed by atoms with Crippen molar-refractivity contribution in [3.05, 3.63) is 47.6 Å². The highest BCUT2D eigenvalue weighted by atomic mass is 35.5. The molecule has 28 heavy (non-hydrogen) atoms. The number of ether oxygens (including phenoxy) is 1. The molecule has 2 aromatic carbocycles. The molecular formula is C21H22ClN3O2S. The number of rotatable bonds is 2. The Morgan fingerprint density at radius 1 is 1.18 bits per heavy atom. The van der Waals surface area contributed by atoms with Crippen molar-refractivity contribution in [2.75, 3.05) is 24.1 Å². The predicted molar refractivity (Wildman–Crippen MR) is 116 cm³/mol. The summed E-state index contributed by atoms with van der Waals surface area (Å²) in [6.45, 7) is 1.94. The highest BCUT2D eigenvalue weighted by molar-refractivity contribution is 8.03. The zero-order valence-electron chi connectivity index (χ0n) is 15.5. The largest absolute Gasteiger partial charge is 0.490 e. The first-order valence-electron chi connectivity index (χ1n) is 9.48. The Bertz CT molecular complexity index is 1130. The van der Waals surface area contributed by atoms with Gasteiger partial charge in [-0.05, 0) is 72.4 Å². The summed E-state index contributed by atoms with van der Waals surface area (Å²) < 4.78 is 22.9. The standard InChI is InChI=1S/C21H22ClN3O2S/c1-28(26)19-5-4-14(27-13-6-9-23-10-7-13)11-16(19)17-12-18(22)15-3-2-8-24-20(15)21(17)25-28/h2-5,8,11-13,23,28H,6-7,9-10H2,1H3,(H,25,26). The maximum atomic E-state index is 13.4. The first kappa shape index (κ1) is 17.9. The summed E-state index contributed by atoms with van der Waals surface area (Å²) in [5, 5.41) is 4.83. The third kappa shape index (κ3) is 2.96. The molecule has 2 aliphatic rings. The minimum Gasteiger partial charge on any atom is -0.490 e. The fourth-order valence-electron chi connectivity index (χ4n) is 4.08. The van der Waals surface area contributed by atoms with Crippen molar-refractivity contribution in [2.45, 2.75) is 23.8 Å². The van der Waals surface area contributed by atoms with Crippen molar-refractivity contribution in [1.29, 1.82) is 0 Å². The molecule has 0 saturated carbocycles. The van der Waals surface area contributed by atoms with Crippen LogP contribution in [0.5, 0.6) is 5.75 Å². The van der Waals surface area contributed by atoms with E-state index in [9.17, 15) is 4.21 Å². The highest BCUT2D eigenvalue weighted by Crippen LogP contribution is 2.47. The van der Waals surface area contributed by atoms with Crippen molar-refractivity contribution in [3.63, 3.8) is 0 Å². The summed E-state index contributed by atoms with van der Waals surface area (Å²) in [6, 6.07) is 11.6. The normalized spacial score (nSPS) is 19.4. The van der Waals surface area contributed by atoms with Crippen molar-refractivity contribution in [2.24, 2.45) is 0 Å². The molecule has 2 N–H and O–H groups in total. The number of piperidine rings is 1. The van der Waals surface area contributed by atoms with Crippen LogP contribution in [0, 0.1) is 0 Å². The molecule has 0 amide bonds. The third-order valence-electron chi connectivity index (χ3n) is 5.47. The number of nitrogens with zero attached hydrogens (tertiary/aromatic N) is 1. The van der Waals surface area contributed by atoms with Gasteiger partial charge in [0.2, 0.25) is 0 Å². The molecule has 0 bridgehead atoms. The Balaban J connectivity index is 1.67. The second kappa shape index (κ2) is 6.72. The fourth-order valence-corrected chi connectivity index (χ4v) is 6.12. The lowest BCUT2D eigenvalue weighted by molar-refractivity contribution is 0.162. The highest BCUT2D eigenvalue weighted by Gasteiger charge is 2.28. The van der Waals surface area contributed by atoms with Crippen LogP contribution < -0.4 is 14.8 Å². The van der Waals surface area contributed by atoms with Crippen LogP contribution in [0.3, 0.4) is 0 Å². The molecule has 2 aliphatic heterocycles. The Morgan fingerprint density at radius 3 is 2.82 bits per heavy atom. The average Bonchev–Trinajstić information content (AvgIpc) is 2.70. The lowest BCUT2D eigenvalue weighted by Gasteiger charge is -2.33. The van der Waals surface area contributed by atoms with Crippen LogP contribution in [-0.2, 0) is 10.1 Å². The van der Waals surface area contributed by atoms with Gasteiger partial charge in [0.15, 0.2) is 0 Å². The van der Waals surface area contributed by atoms with Crippen LogP contribution in [0.25, 0.3) is 22.0 Å².